The Kier molecular flexibility index (Phi) is 7.44. The number of rotatable bonds is 9. The zero-order valence-corrected chi connectivity index (χ0v) is 13.2. The van der Waals surface area contributed by atoms with Crippen LogP contribution in [0.15, 0.2) is 35.2 Å². The number of hydrogen-bond donors (Lipinski definition) is 1. The fourth-order valence-electron chi connectivity index (χ4n) is 2.55. The van der Waals surface area contributed by atoms with Gasteiger partial charge in [0.2, 0.25) is 0 Å². The molecule has 1 aliphatic heterocycles. The van der Waals surface area contributed by atoms with E-state index in [1.807, 2.05) is 11.8 Å². The smallest absolute Gasteiger partial charge is 0.0589 e. The van der Waals surface area contributed by atoms with Gasteiger partial charge in [-0.15, -0.1) is 11.8 Å². The van der Waals surface area contributed by atoms with Gasteiger partial charge in [-0.1, -0.05) is 18.2 Å². The van der Waals surface area contributed by atoms with Gasteiger partial charge in [0.1, 0.15) is 0 Å². The Morgan fingerprint density at radius 2 is 2.15 bits per heavy atom. The van der Waals surface area contributed by atoms with E-state index in [1.165, 1.54) is 24.3 Å². The number of hydrogen-bond acceptors (Lipinski definition) is 4. The van der Waals surface area contributed by atoms with E-state index < -0.39 is 0 Å². The largest absolute Gasteiger partial charge is 0.383 e. The first-order valence-corrected chi connectivity index (χ1v) is 8.49. The zero-order chi connectivity index (χ0) is 14.0. The van der Waals surface area contributed by atoms with Crippen LogP contribution in [0.5, 0.6) is 0 Å². The number of ether oxygens (including phenoxy) is 1. The topological polar surface area (TPSA) is 24.5 Å². The van der Waals surface area contributed by atoms with Gasteiger partial charge in [-0.05, 0) is 31.5 Å². The second-order valence-electron chi connectivity index (χ2n) is 5.25. The van der Waals surface area contributed by atoms with Crippen LogP contribution in [-0.2, 0) is 4.74 Å². The fraction of sp³-hybridized carbons (Fsp3) is 0.625. The molecule has 4 heteroatoms. The van der Waals surface area contributed by atoms with Crippen LogP contribution in [0.3, 0.4) is 0 Å². The van der Waals surface area contributed by atoms with Crippen LogP contribution in [0.1, 0.15) is 12.8 Å². The normalized spacial score (nSPS) is 18.8. The minimum Gasteiger partial charge on any atom is -0.383 e. The minimum absolute atomic E-state index is 0.675. The van der Waals surface area contributed by atoms with E-state index in [9.17, 15) is 0 Å². The molecule has 1 aromatic rings. The maximum Gasteiger partial charge on any atom is 0.0589 e. The van der Waals surface area contributed by atoms with E-state index in [4.69, 9.17) is 4.74 Å². The second kappa shape index (κ2) is 9.40. The number of nitrogens with zero attached hydrogens (tertiary/aromatic N) is 1. The molecule has 1 aliphatic rings. The molecule has 0 aromatic heterocycles. The maximum atomic E-state index is 5.23. The van der Waals surface area contributed by atoms with Crippen molar-refractivity contribution < 1.29 is 4.74 Å². The molecule has 1 N–H and O–H groups in total. The van der Waals surface area contributed by atoms with Crippen molar-refractivity contribution in [2.24, 2.45) is 0 Å². The molecule has 3 nitrogen and oxygen atoms in total. The minimum atomic E-state index is 0.675. The van der Waals surface area contributed by atoms with Gasteiger partial charge in [0.05, 0.1) is 6.61 Å². The predicted molar refractivity (Wildman–Crippen MR) is 86.5 cm³/mol. The lowest BCUT2D eigenvalue weighted by atomic mass is 10.2. The average Bonchev–Trinajstić information content (AvgIpc) is 2.98. The van der Waals surface area contributed by atoms with Crippen LogP contribution in [0, 0.1) is 0 Å². The number of benzene rings is 1. The van der Waals surface area contributed by atoms with Crippen LogP contribution < -0.4 is 5.32 Å². The van der Waals surface area contributed by atoms with E-state index in [-0.39, 0.29) is 0 Å². The number of thioether (sulfide) groups is 1. The van der Waals surface area contributed by atoms with Crippen molar-refractivity contribution >= 4 is 11.8 Å². The van der Waals surface area contributed by atoms with E-state index in [0.29, 0.717) is 6.04 Å². The molecule has 0 radical (unpaired) electrons. The summed E-state index contributed by atoms with van der Waals surface area (Å²) < 4.78 is 5.23. The molecule has 1 saturated heterocycles. The Balaban J connectivity index is 1.71. The molecule has 0 bridgehead atoms. The fourth-order valence-corrected chi connectivity index (χ4v) is 3.48. The summed E-state index contributed by atoms with van der Waals surface area (Å²) >= 11 is 1.94. The summed E-state index contributed by atoms with van der Waals surface area (Å²) in [6, 6.07) is 11.3. The van der Waals surface area contributed by atoms with Crippen molar-refractivity contribution in [1.82, 2.24) is 10.2 Å². The van der Waals surface area contributed by atoms with Crippen LogP contribution in [0.4, 0.5) is 0 Å². The molecule has 1 atom stereocenters. The summed E-state index contributed by atoms with van der Waals surface area (Å²) in [6.45, 7) is 5.31. The van der Waals surface area contributed by atoms with Crippen molar-refractivity contribution in [2.75, 3.05) is 45.6 Å². The third-order valence-electron chi connectivity index (χ3n) is 3.67. The van der Waals surface area contributed by atoms with Crippen LogP contribution in [0.25, 0.3) is 0 Å². The lowest BCUT2D eigenvalue weighted by Crippen LogP contribution is -2.40. The van der Waals surface area contributed by atoms with Crippen molar-refractivity contribution in [3.05, 3.63) is 30.3 Å². The molecule has 0 amide bonds. The van der Waals surface area contributed by atoms with Crippen LogP contribution in [-0.4, -0.2) is 56.6 Å². The van der Waals surface area contributed by atoms with E-state index in [2.05, 4.69) is 40.5 Å². The summed E-state index contributed by atoms with van der Waals surface area (Å²) in [5, 5.41) is 3.58. The SMILES string of the molecule is COCCN(CCSc1ccccc1)CC1CCCN1. The highest BCUT2D eigenvalue weighted by Gasteiger charge is 2.17. The van der Waals surface area contributed by atoms with Crippen molar-refractivity contribution in [1.29, 1.82) is 0 Å². The van der Waals surface area contributed by atoms with Gasteiger partial charge in [-0.25, -0.2) is 0 Å². The highest BCUT2D eigenvalue weighted by atomic mass is 32.2. The second-order valence-corrected chi connectivity index (χ2v) is 6.42. The van der Waals surface area contributed by atoms with E-state index >= 15 is 0 Å². The van der Waals surface area contributed by atoms with Crippen molar-refractivity contribution in [3.8, 4) is 0 Å². The Morgan fingerprint density at radius 1 is 1.30 bits per heavy atom. The lowest BCUT2D eigenvalue weighted by molar-refractivity contribution is 0.146. The Morgan fingerprint density at radius 3 is 2.85 bits per heavy atom. The first-order chi connectivity index (χ1) is 9.88. The lowest BCUT2D eigenvalue weighted by Gasteiger charge is -2.25. The monoisotopic (exact) mass is 294 g/mol. The van der Waals surface area contributed by atoms with Crippen molar-refractivity contribution in [3.63, 3.8) is 0 Å². The quantitative estimate of drug-likeness (QED) is 0.707. The molecule has 1 heterocycles. The first-order valence-electron chi connectivity index (χ1n) is 7.51. The Labute approximate surface area is 127 Å². The number of methoxy groups -OCH3 is 1. The molecule has 0 aliphatic carbocycles. The molecule has 20 heavy (non-hydrogen) atoms. The van der Waals surface area contributed by atoms with E-state index in [1.54, 1.807) is 7.11 Å². The molecule has 0 saturated carbocycles. The first kappa shape index (κ1) is 15.8. The van der Waals surface area contributed by atoms with E-state index in [0.717, 1.165) is 32.0 Å². The van der Waals surface area contributed by atoms with Gasteiger partial charge >= 0.3 is 0 Å². The molecular weight excluding hydrogens is 268 g/mol. The Hall–Kier alpha value is -0.550. The zero-order valence-electron chi connectivity index (χ0n) is 12.4. The average molecular weight is 294 g/mol. The predicted octanol–water partition coefficient (Wildman–Crippen LogP) is 2.48. The van der Waals surface area contributed by atoms with Gasteiger partial charge in [0.15, 0.2) is 0 Å². The summed E-state index contributed by atoms with van der Waals surface area (Å²) in [7, 11) is 1.78. The Bertz CT molecular complexity index is 355. The third kappa shape index (κ3) is 5.83. The molecule has 1 aromatic carbocycles. The summed E-state index contributed by atoms with van der Waals surface area (Å²) in [5.41, 5.74) is 0. The summed E-state index contributed by atoms with van der Waals surface area (Å²) in [4.78, 5) is 3.89. The summed E-state index contributed by atoms with van der Waals surface area (Å²) in [5.74, 6) is 1.14. The number of nitrogens with one attached hydrogen (secondary N) is 1. The highest BCUT2D eigenvalue weighted by molar-refractivity contribution is 7.99. The van der Waals surface area contributed by atoms with Crippen LogP contribution >= 0.6 is 11.8 Å². The standard InChI is InChI=1S/C16H26N2OS/c1-19-12-10-18(14-15-6-5-9-17-15)11-13-20-16-7-3-2-4-8-16/h2-4,7-8,15,17H,5-6,9-14H2,1H3. The van der Waals surface area contributed by atoms with Gasteiger partial charge in [-0.2, -0.15) is 0 Å². The van der Waals surface area contributed by atoms with Gasteiger partial charge in [-0.3, -0.25) is 4.90 Å². The summed E-state index contributed by atoms with van der Waals surface area (Å²) in [6.07, 6.45) is 2.64. The highest BCUT2D eigenvalue weighted by Crippen LogP contribution is 2.17. The van der Waals surface area contributed by atoms with Gasteiger partial charge in [0, 0.05) is 43.4 Å². The third-order valence-corrected chi connectivity index (χ3v) is 4.66. The molecule has 112 valence electrons. The molecule has 1 unspecified atom stereocenters. The maximum absolute atomic E-state index is 5.23. The van der Waals surface area contributed by atoms with Gasteiger partial charge in [0.25, 0.3) is 0 Å². The van der Waals surface area contributed by atoms with Crippen LogP contribution in [0.2, 0.25) is 0 Å². The molecule has 1 fully saturated rings. The van der Waals surface area contributed by atoms with Gasteiger partial charge < -0.3 is 10.1 Å². The molecular formula is C16H26N2OS. The molecule has 0 spiro atoms. The van der Waals surface area contributed by atoms with Crippen molar-refractivity contribution in [2.45, 2.75) is 23.8 Å². The molecule has 2 rings (SSSR count).